The van der Waals surface area contributed by atoms with Crippen LogP contribution in [0.3, 0.4) is 0 Å². The second-order valence-corrected chi connectivity index (χ2v) is 4.98. The fraction of sp³-hybridized carbons (Fsp3) is 0.429. The zero-order chi connectivity index (χ0) is 16.3. The highest BCUT2D eigenvalue weighted by molar-refractivity contribution is 5.67. The lowest BCUT2D eigenvalue weighted by molar-refractivity contribution is 0.395. The first-order valence-electron chi connectivity index (χ1n) is 6.65. The van der Waals surface area contributed by atoms with E-state index in [2.05, 4.69) is 19.9 Å². The van der Waals surface area contributed by atoms with Crippen molar-refractivity contribution in [3.05, 3.63) is 12.3 Å². The number of hydrogen-bond donors (Lipinski definition) is 0. The molecule has 22 heavy (non-hydrogen) atoms. The summed E-state index contributed by atoms with van der Waals surface area (Å²) in [5, 5.41) is 0. The Kier molecular flexibility index (Phi) is 4.59. The molecule has 8 nitrogen and oxygen atoms in total. The molecule has 0 spiro atoms. The highest BCUT2D eigenvalue weighted by atomic mass is 16.5. The zero-order valence-corrected chi connectivity index (χ0v) is 13.7. The van der Waals surface area contributed by atoms with Gasteiger partial charge in [-0.15, -0.1) is 0 Å². The largest absolute Gasteiger partial charge is 0.481 e. The number of rotatable bonds is 5. The van der Waals surface area contributed by atoms with Crippen LogP contribution >= 0.6 is 0 Å². The monoisotopic (exact) mass is 304 g/mol. The maximum atomic E-state index is 5.37. The summed E-state index contributed by atoms with van der Waals surface area (Å²) in [5.41, 5.74) is 1.31. The van der Waals surface area contributed by atoms with E-state index in [4.69, 9.17) is 9.47 Å². The van der Waals surface area contributed by atoms with Crippen LogP contribution in [0.1, 0.15) is 0 Å². The van der Waals surface area contributed by atoms with Gasteiger partial charge in [0.05, 0.1) is 25.5 Å². The summed E-state index contributed by atoms with van der Waals surface area (Å²) in [5.74, 6) is 2.01. The number of hydrogen-bond acceptors (Lipinski definition) is 8. The molecule has 0 fully saturated rings. The van der Waals surface area contributed by atoms with Gasteiger partial charge < -0.3 is 19.3 Å². The standard InChI is InChI=1S/C14H20N6O2/c1-19(2)13-15-8-9(12(18-13)22-6)10-7-11(21-5)17-14(16-10)20(3)4/h7-8H,1-6H3. The lowest BCUT2D eigenvalue weighted by atomic mass is 10.2. The average Bonchev–Trinajstić information content (AvgIpc) is 2.53. The molecular formula is C14H20N6O2. The Bertz CT molecular complexity index is 660. The topological polar surface area (TPSA) is 76.5 Å². The second-order valence-electron chi connectivity index (χ2n) is 4.98. The van der Waals surface area contributed by atoms with Crippen molar-refractivity contribution >= 4 is 11.9 Å². The van der Waals surface area contributed by atoms with E-state index < -0.39 is 0 Å². The Hall–Kier alpha value is -2.64. The highest BCUT2D eigenvalue weighted by Gasteiger charge is 2.15. The van der Waals surface area contributed by atoms with Gasteiger partial charge >= 0.3 is 0 Å². The lowest BCUT2D eigenvalue weighted by Gasteiger charge is -2.15. The average molecular weight is 304 g/mol. The smallest absolute Gasteiger partial charge is 0.228 e. The third-order valence-corrected chi connectivity index (χ3v) is 2.91. The SMILES string of the molecule is COc1cc(-c2cnc(N(C)C)nc2OC)nc(N(C)C)n1. The van der Waals surface area contributed by atoms with Gasteiger partial charge in [0.1, 0.15) is 0 Å². The summed E-state index contributed by atoms with van der Waals surface area (Å²) >= 11 is 0. The summed E-state index contributed by atoms with van der Waals surface area (Å²) in [6.07, 6.45) is 1.68. The molecule has 0 radical (unpaired) electrons. The van der Waals surface area contributed by atoms with Gasteiger partial charge in [-0.3, -0.25) is 0 Å². The molecule has 2 heterocycles. The Labute approximate surface area is 129 Å². The van der Waals surface area contributed by atoms with Crippen LogP contribution in [0.2, 0.25) is 0 Å². The van der Waals surface area contributed by atoms with Gasteiger partial charge in [0, 0.05) is 40.5 Å². The Morgan fingerprint density at radius 3 is 2.09 bits per heavy atom. The molecule has 0 aliphatic heterocycles. The van der Waals surface area contributed by atoms with Crippen molar-refractivity contribution in [1.29, 1.82) is 0 Å². The van der Waals surface area contributed by atoms with Crippen molar-refractivity contribution in [2.24, 2.45) is 0 Å². The molecule has 0 N–H and O–H groups in total. The minimum absolute atomic E-state index is 0.448. The lowest BCUT2D eigenvalue weighted by Crippen LogP contribution is -2.14. The summed E-state index contributed by atoms with van der Waals surface area (Å²) in [6, 6.07) is 1.73. The predicted octanol–water partition coefficient (Wildman–Crippen LogP) is 1.08. The van der Waals surface area contributed by atoms with Crippen molar-refractivity contribution in [2.45, 2.75) is 0 Å². The Morgan fingerprint density at radius 2 is 1.55 bits per heavy atom. The third kappa shape index (κ3) is 3.16. The van der Waals surface area contributed by atoms with Gasteiger partial charge in [-0.2, -0.15) is 9.97 Å². The van der Waals surface area contributed by atoms with E-state index in [9.17, 15) is 0 Å². The van der Waals surface area contributed by atoms with Crippen LogP contribution in [0, 0.1) is 0 Å². The molecule has 0 aliphatic rings. The van der Waals surface area contributed by atoms with Crippen LogP contribution in [0.4, 0.5) is 11.9 Å². The van der Waals surface area contributed by atoms with Crippen molar-refractivity contribution < 1.29 is 9.47 Å². The fourth-order valence-electron chi connectivity index (χ4n) is 1.76. The number of nitrogens with zero attached hydrogens (tertiary/aromatic N) is 6. The summed E-state index contributed by atoms with van der Waals surface area (Å²) in [4.78, 5) is 21.1. The Balaban J connectivity index is 2.57. The van der Waals surface area contributed by atoms with E-state index in [0.717, 1.165) is 0 Å². The molecule has 8 heteroatoms. The normalized spacial score (nSPS) is 10.3. The molecule has 0 aliphatic carbocycles. The van der Waals surface area contributed by atoms with Gasteiger partial charge in [0.15, 0.2) is 0 Å². The number of anilines is 2. The maximum Gasteiger partial charge on any atom is 0.228 e. The van der Waals surface area contributed by atoms with Crippen LogP contribution in [0.5, 0.6) is 11.8 Å². The number of aromatic nitrogens is 4. The van der Waals surface area contributed by atoms with Gasteiger partial charge in [-0.05, 0) is 0 Å². The quantitative estimate of drug-likeness (QED) is 0.812. The molecule has 2 rings (SSSR count). The van der Waals surface area contributed by atoms with E-state index in [0.29, 0.717) is 34.9 Å². The van der Waals surface area contributed by atoms with Gasteiger partial charge in [-0.25, -0.2) is 9.97 Å². The molecule has 0 unspecified atom stereocenters. The number of ether oxygens (including phenoxy) is 2. The van der Waals surface area contributed by atoms with Gasteiger partial charge in [0.2, 0.25) is 23.7 Å². The molecule has 0 aromatic carbocycles. The van der Waals surface area contributed by atoms with Crippen LogP contribution in [-0.2, 0) is 0 Å². The molecule has 2 aromatic rings. The van der Waals surface area contributed by atoms with Crippen LogP contribution in [0.15, 0.2) is 12.3 Å². The van der Waals surface area contributed by atoms with E-state index in [1.54, 1.807) is 36.3 Å². The van der Waals surface area contributed by atoms with Crippen LogP contribution < -0.4 is 19.3 Å². The summed E-state index contributed by atoms with van der Waals surface area (Å²) in [6.45, 7) is 0. The zero-order valence-electron chi connectivity index (χ0n) is 13.7. The van der Waals surface area contributed by atoms with E-state index in [1.165, 1.54) is 0 Å². The molecule has 2 aromatic heterocycles. The summed E-state index contributed by atoms with van der Waals surface area (Å²) in [7, 11) is 10.6. The van der Waals surface area contributed by atoms with Gasteiger partial charge in [0.25, 0.3) is 0 Å². The van der Waals surface area contributed by atoms with E-state index in [1.807, 2.05) is 28.2 Å². The molecule has 0 atom stereocenters. The van der Waals surface area contributed by atoms with Crippen molar-refractivity contribution in [3.63, 3.8) is 0 Å². The maximum absolute atomic E-state index is 5.37. The molecule has 0 bridgehead atoms. The third-order valence-electron chi connectivity index (χ3n) is 2.91. The molecular weight excluding hydrogens is 284 g/mol. The first-order valence-corrected chi connectivity index (χ1v) is 6.65. The van der Waals surface area contributed by atoms with Crippen LogP contribution in [0.25, 0.3) is 11.3 Å². The van der Waals surface area contributed by atoms with Crippen molar-refractivity contribution in [2.75, 3.05) is 52.2 Å². The first kappa shape index (κ1) is 15.7. The molecule has 0 amide bonds. The summed E-state index contributed by atoms with van der Waals surface area (Å²) < 4.78 is 10.6. The number of methoxy groups -OCH3 is 2. The minimum Gasteiger partial charge on any atom is -0.481 e. The minimum atomic E-state index is 0.448. The van der Waals surface area contributed by atoms with Gasteiger partial charge in [-0.1, -0.05) is 0 Å². The highest BCUT2D eigenvalue weighted by Crippen LogP contribution is 2.30. The molecule has 0 saturated carbocycles. The Morgan fingerprint density at radius 1 is 0.864 bits per heavy atom. The van der Waals surface area contributed by atoms with E-state index in [-0.39, 0.29) is 0 Å². The van der Waals surface area contributed by atoms with Crippen molar-refractivity contribution in [1.82, 2.24) is 19.9 Å². The fourth-order valence-corrected chi connectivity index (χ4v) is 1.76. The van der Waals surface area contributed by atoms with Crippen molar-refractivity contribution in [3.8, 4) is 23.0 Å². The predicted molar refractivity (Wildman–Crippen MR) is 84.8 cm³/mol. The molecule has 118 valence electrons. The second kappa shape index (κ2) is 6.42. The molecule has 0 saturated heterocycles. The van der Waals surface area contributed by atoms with E-state index >= 15 is 0 Å². The van der Waals surface area contributed by atoms with Crippen LogP contribution in [-0.4, -0.2) is 62.3 Å². The first-order chi connectivity index (χ1) is 10.5.